The Kier molecular flexibility index (Phi) is 4.59. The van der Waals surface area contributed by atoms with Gasteiger partial charge in [-0.25, -0.2) is 4.79 Å². The van der Waals surface area contributed by atoms with Gasteiger partial charge in [0, 0.05) is 0 Å². The van der Waals surface area contributed by atoms with E-state index in [0.29, 0.717) is 18.8 Å². The van der Waals surface area contributed by atoms with Crippen LogP contribution in [-0.4, -0.2) is 31.9 Å². The van der Waals surface area contributed by atoms with Crippen LogP contribution in [0.25, 0.3) is 0 Å². The molecule has 2 rings (SSSR count). The maximum Gasteiger partial charge on any atom is 0.338 e. The zero-order valence-corrected chi connectivity index (χ0v) is 10.6. The highest BCUT2D eigenvalue weighted by molar-refractivity contribution is 5.89. The monoisotopic (exact) mass is 250 g/mol. The molecule has 1 fully saturated rings. The van der Waals surface area contributed by atoms with Crippen LogP contribution in [0.15, 0.2) is 24.3 Å². The van der Waals surface area contributed by atoms with Crippen LogP contribution in [0.3, 0.4) is 0 Å². The maximum atomic E-state index is 11.6. The molecule has 0 unspecified atom stereocenters. The molecule has 0 aliphatic carbocycles. The normalized spacial score (nSPS) is 17.3. The molecule has 18 heavy (non-hydrogen) atoms. The lowest BCUT2D eigenvalue weighted by Gasteiger charge is -2.06. The van der Waals surface area contributed by atoms with E-state index >= 15 is 0 Å². The average Bonchev–Trinajstić information content (AvgIpc) is 3.21. The second-order valence-corrected chi connectivity index (χ2v) is 4.28. The van der Waals surface area contributed by atoms with E-state index in [2.05, 4.69) is 6.92 Å². The fraction of sp³-hybridized carbons (Fsp3) is 0.500. The Morgan fingerprint density at radius 3 is 2.72 bits per heavy atom. The van der Waals surface area contributed by atoms with Gasteiger partial charge in [-0.15, -0.1) is 0 Å². The van der Waals surface area contributed by atoms with E-state index in [0.717, 1.165) is 25.2 Å². The van der Waals surface area contributed by atoms with Crippen LogP contribution in [0.1, 0.15) is 30.1 Å². The minimum absolute atomic E-state index is 0.240. The highest BCUT2D eigenvalue weighted by Crippen LogP contribution is 2.16. The van der Waals surface area contributed by atoms with E-state index in [9.17, 15) is 4.79 Å². The van der Waals surface area contributed by atoms with Crippen LogP contribution < -0.4 is 4.74 Å². The summed E-state index contributed by atoms with van der Waals surface area (Å²) in [6.07, 6.45) is 2.15. The number of carbonyl (C=O) groups is 1. The van der Waals surface area contributed by atoms with Gasteiger partial charge in [0.05, 0.1) is 18.8 Å². The van der Waals surface area contributed by atoms with Gasteiger partial charge in [-0.3, -0.25) is 0 Å². The molecule has 1 heterocycles. The van der Waals surface area contributed by atoms with Crippen LogP contribution >= 0.6 is 0 Å². The van der Waals surface area contributed by atoms with Crippen molar-refractivity contribution in [1.82, 2.24) is 0 Å². The Hall–Kier alpha value is -1.55. The number of hydrogen-bond donors (Lipinski definition) is 0. The largest absolute Gasteiger partial charge is 0.491 e. The molecule has 0 N–H and O–H groups in total. The molecule has 1 atom stereocenters. The van der Waals surface area contributed by atoms with Crippen molar-refractivity contribution in [1.29, 1.82) is 0 Å². The predicted molar refractivity (Wildman–Crippen MR) is 66.9 cm³/mol. The number of unbranched alkanes of at least 4 members (excludes halogenated alkanes) is 1. The molecular formula is C14H18O4. The molecule has 0 aromatic heterocycles. The van der Waals surface area contributed by atoms with Crippen molar-refractivity contribution < 1.29 is 19.0 Å². The summed E-state index contributed by atoms with van der Waals surface area (Å²) < 4.78 is 15.7. The average molecular weight is 250 g/mol. The summed E-state index contributed by atoms with van der Waals surface area (Å²) in [6.45, 7) is 3.89. The van der Waals surface area contributed by atoms with E-state index in [4.69, 9.17) is 14.2 Å². The lowest BCUT2D eigenvalue weighted by atomic mass is 10.2. The highest BCUT2D eigenvalue weighted by Gasteiger charge is 2.23. The van der Waals surface area contributed by atoms with Crippen LogP contribution in [0.4, 0.5) is 0 Å². The predicted octanol–water partition coefficient (Wildman–Crippen LogP) is 2.42. The van der Waals surface area contributed by atoms with Gasteiger partial charge in [0.25, 0.3) is 0 Å². The second kappa shape index (κ2) is 6.40. The third kappa shape index (κ3) is 4.04. The van der Waals surface area contributed by atoms with Crippen molar-refractivity contribution in [2.24, 2.45) is 0 Å². The first-order chi connectivity index (χ1) is 8.79. The SMILES string of the molecule is CCCCOC(=O)c1ccc(OC[C@H]2CO2)cc1. The van der Waals surface area contributed by atoms with Crippen molar-refractivity contribution >= 4 is 5.97 Å². The maximum absolute atomic E-state index is 11.6. The summed E-state index contributed by atoms with van der Waals surface area (Å²) in [5.41, 5.74) is 0.557. The molecule has 4 nitrogen and oxygen atoms in total. The van der Waals surface area contributed by atoms with Crippen LogP contribution in [0, 0.1) is 0 Å². The Labute approximate surface area is 107 Å². The minimum Gasteiger partial charge on any atom is -0.491 e. The van der Waals surface area contributed by atoms with Crippen LogP contribution in [0.2, 0.25) is 0 Å². The van der Waals surface area contributed by atoms with Gasteiger partial charge >= 0.3 is 5.97 Å². The minimum atomic E-state index is -0.277. The van der Waals surface area contributed by atoms with Crippen molar-refractivity contribution in [3.05, 3.63) is 29.8 Å². The number of carbonyl (C=O) groups excluding carboxylic acids is 1. The quantitative estimate of drug-likeness (QED) is 0.423. The zero-order valence-electron chi connectivity index (χ0n) is 10.6. The van der Waals surface area contributed by atoms with Gasteiger partial charge < -0.3 is 14.2 Å². The van der Waals surface area contributed by atoms with Gasteiger partial charge in [-0.2, -0.15) is 0 Å². The molecule has 4 heteroatoms. The second-order valence-electron chi connectivity index (χ2n) is 4.28. The van der Waals surface area contributed by atoms with Gasteiger partial charge in [0.15, 0.2) is 0 Å². The first-order valence-corrected chi connectivity index (χ1v) is 6.31. The fourth-order valence-electron chi connectivity index (χ4n) is 1.43. The molecule has 1 aliphatic heterocycles. The van der Waals surface area contributed by atoms with Crippen molar-refractivity contribution in [3.63, 3.8) is 0 Å². The van der Waals surface area contributed by atoms with E-state index in [1.54, 1.807) is 24.3 Å². The van der Waals surface area contributed by atoms with Crippen molar-refractivity contribution in [3.8, 4) is 5.75 Å². The number of rotatable bonds is 7. The molecule has 1 aliphatic rings. The molecule has 1 aromatic carbocycles. The fourth-order valence-corrected chi connectivity index (χ4v) is 1.43. The summed E-state index contributed by atoms with van der Waals surface area (Å²) in [5, 5.41) is 0. The van der Waals surface area contributed by atoms with E-state index < -0.39 is 0 Å². The van der Waals surface area contributed by atoms with Gasteiger partial charge in [0.2, 0.25) is 0 Å². The standard InChI is InChI=1S/C14H18O4/c1-2-3-8-16-14(15)11-4-6-12(7-5-11)17-9-13-10-18-13/h4-7,13H,2-3,8-10H2,1H3/t13-/m0/s1. The first-order valence-electron chi connectivity index (χ1n) is 6.31. The lowest BCUT2D eigenvalue weighted by molar-refractivity contribution is 0.0499. The van der Waals surface area contributed by atoms with Crippen LogP contribution in [-0.2, 0) is 9.47 Å². The molecule has 0 bridgehead atoms. The Morgan fingerprint density at radius 1 is 1.39 bits per heavy atom. The molecule has 98 valence electrons. The van der Waals surface area contributed by atoms with Gasteiger partial charge in [-0.1, -0.05) is 13.3 Å². The number of esters is 1. The molecular weight excluding hydrogens is 232 g/mol. The topological polar surface area (TPSA) is 48.1 Å². The number of hydrogen-bond acceptors (Lipinski definition) is 4. The van der Waals surface area contributed by atoms with E-state index in [-0.39, 0.29) is 12.1 Å². The third-order valence-corrected chi connectivity index (χ3v) is 2.66. The number of benzene rings is 1. The molecule has 1 aromatic rings. The molecule has 0 saturated carbocycles. The lowest BCUT2D eigenvalue weighted by Crippen LogP contribution is -2.07. The van der Waals surface area contributed by atoms with Gasteiger partial charge in [0.1, 0.15) is 18.5 Å². The van der Waals surface area contributed by atoms with Crippen molar-refractivity contribution in [2.45, 2.75) is 25.9 Å². The van der Waals surface area contributed by atoms with Crippen molar-refractivity contribution in [2.75, 3.05) is 19.8 Å². The van der Waals surface area contributed by atoms with E-state index in [1.165, 1.54) is 0 Å². The number of epoxide rings is 1. The summed E-state index contributed by atoms with van der Waals surface area (Å²) in [6, 6.07) is 6.99. The highest BCUT2D eigenvalue weighted by atomic mass is 16.6. The molecule has 1 saturated heterocycles. The zero-order chi connectivity index (χ0) is 12.8. The Balaban J connectivity index is 1.79. The Bertz CT molecular complexity index is 381. The molecule has 0 spiro atoms. The summed E-state index contributed by atoms with van der Waals surface area (Å²) in [5.74, 6) is 0.469. The number of ether oxygens (including phenoxy) is 3. The summed E-state index contributed by atoms with van der Waals surface area (Å²) in [7, 11) is 0. The van der Waals surface area contributed by atoms with Crippen LogP contribution in [0.5, 0.6) is 5.75 Å². The Morgan fingerprint density at radius 2 is 2.11 bits per heavy atom. The van der Waals surface area contributed by atoms with E-state index in [1.807, 2.05) is 0 Å². The van der Waals surface area contributed by atoms with Gasteiger partial charge in [-0.05, 0) is 30.7 Å². The molecule has 0 amide bonds. The third-order valence-electron chi connectivity index (χ3n) is 2.66. The smallest absolute Gasteiger partial charge is 0.338 e. The molecule has 0 radical (unpaired) electrons. The summed E-state index contributed by atoms with van der Waals surface area (Å²) >= 11 is 0. The first kappa shape index (κ1) is 12.9. The summed E-state index contributed by atoms with van der Waals surface area (Å²) in [4.78, 5) is 11.6.